The van der Waals surface area contributed by atoms with Crippen molar-refractivity contribution in [3.8, 4) is 0 Å². The number of rotatable bonds is 6. The smallest absolute Gasteiger partial charge is 0.321 e. The van der Waals surface area contributed by atoms with E-state index in [9.17, 15) is 14.4 Å². The van der Waals surface area contributed by atoms with Crippen LogP contribution in [0.3, 0.4) is 0 Å². The molecule has 0 aromatic heterocycles. The topological polar surface area (TPSA) is 113 Å². The van der Waals surface area contributed by atoms with Crippen molar-refractivity contribution in [3.63, 3.8) is 0 Å². The summed E-state index contributed by atoms with van der Waals surface area (Å²) in [6.07, 6.45) is -0.581. The van der Waals surface area contributed by atoms with Crippen LogP contribution in [-0.4, -0.2) is 40.9 Å². The van der Waals surface area contributed by atoms with E-state index >= 15 is 0 Å². The minimum atomic E-state index is -1.31. The largest absolute Gasteiger partial charge is 0.481 e. The highest BCUT2D eigenvalue weighted by atomic mass is 16.5. The second-order valence-corrected chi connectivity index (χ2v) is 4.52. The third-order valence-corrected chi connectivity index (χ3v) is 1.82. The van der Waals surface area contributed by atoms with E-state index in [1.165, 1.54) is 0 Å². The van der Waals surface area contributed by atoms with Crippen LogP contribution in [0.25, 0.3) is 0 Å². The fourth-order valence-corrected chi connectivity index (χ4v) is 0.846. The molecule has 7 heteroatoms. The third-order valence-electron chi connectivity index (χ3n) is 1.82. The minimum Gasteiger partial charge on any atom is -0.481 e. The molecule has 1 atom stereocenters. The molecule has 0 bridgehead atoms. The summed E-state index contributed by atoms with van der Waals surface area (Å²) in [7, 11) is 0. The van der Waals surface area contributed by atoms with E-state index in [1.807, 2.05) is 0 Å². The van der Waals surface area contributed by atoms with Crippen LogP contribution in [0.2, 0.25) is 0 Å². The molecule has 0 aromatic carbocycles. The van der Waals surface area contributed by atoms with Crippen LogP contribution >= 0.6 is 0 Å². The van der Waals surface area contributed by atoms with Crippen LogP contribution < -0.4 is 5.32 Å². The summed E-state index contributed by atoms with van der Waals surface area (Å²) in [6, 6.07) is -1.28. The van der Waals surface area contributed by atoms with Crippen molar-refractivity contribution in [2.75, 3.05) is 6.73 Å². The number of carboxylic acids is 2. The summed E-state index contributed by atoms with van der Waals surface area (Å²) in [5, 5.41) is 19.5. The Balaban J connectivity index is 4.12. The molecule has 0 aliphatic heterocycles. The first kappa shape index (κ1) is 15.4. The third kappa shape index (κ3) is 6.52. The minimum absolute atomic E-state index is 0.333. The maximum Gasteiger partial charge on any atom is 0.321 e. The zero-order valence-electron chi connectivity index (χ0n) is 10.0. The van der Waals surface area contributed by atoms with Gasteiger partial charge in [-0.05, 0) is 20.8 Å². The number of hydrogen-bond donors (Lipinski definition) is 3. The van der Waals surface area contributed by atoms with Crippen LogP contribution in [0.1, 0.15) is 27.2 Å². The molecule has 0 aliphatic rings. The highest BCUT2D eigenvalue weighted by Crippen LogP contribution is 2.14. The van der Waals surface area contributed by atoms with Crippen LogP contribution in [0, 0.1) is 5.41 Å². The molecule has 3 N–H and O–H groups in total. The van der Waals surface area contributed by atoms with Gasteiger partial charge in [0.05, 0.1) is 11.8 Å². The van der Waals surface area contributed by atoms with Crippen molar-refractivity contribution in [2.24, 2.45) is 5.41 Å². The zero-order valence-corrected chi connectivity index (χ0v) is 10.0. The molecule has 0 amide bonds. The fourth-order valence-electron chi connectivity index (χ4n) is 0.846. The number of carboxylic acid groups (broad SMARTS) is 2. The average molecular weight is 247 g/mol. The Morgan fingerprint density at radius 1 is 1.24 bits per heavy atom. The number of aliphatic carboxylic acids is 2. The molecule has 0 fully saturated rings. The second kappa shape index (κ2) is 6.19. The summed E-state index contributed by atoms with van der Waals surface area (Å²) in [5.41, 5.74) is -0.687. The molecule has 0 unspecified atom stereocenters. The average Bonchev–Trinajstić information content (AvgIpc) is 2.13. The first-order valence-corrected chi connectivity index (χ1v) is 5.00. The Kier molecular flexibility index (Phi) is 5.60. The van der Waals surface area contributed by atoms with Gasteiger partial charge in [-0.15, -0.1) is 0 Å². The summed E-state index contributed by atoms with van der Waals surface area (Å²) in [5.74, 6) is -3.05. The van der Waals surface area contributed by atoms with E-state index in [0.717, 1.165) is 0 Å². The maximum absolute atomic E-state index is 11.3. The van der Waals surface area contributed by atoms with Crippen molar-refractivity contribution in [3.05, 3.63) is 0 Å². The fraction of sp³-hybridized carbons (Fsp3) is 0.700. The van der Waals surface area contributed by atoms with Crippen molar-refractivity contribution in [1.29, 1.82) is 0 Å². The number of carbonyl (C=O) groups is 3. The number of esters is 1. The predicted octanol–water partition coefficient (Wildman–Crippen LogP) is 0.0507. The molecule has 0 aromatic rings. The molecule has 0 spiro atoms. The Hall–Kier alpha value is -1.63. The van der Waals surface area contributed by atoms with Crippen LogP contribution in [0.15, 0.2) is 0 Å². The van der Waals surface area contributed by atoms with Gasteiger partial charge in [0, 0.05) is 0 Å². The number of hydrogen-bond acceptors (Lipinski definition) is 5. The van der Waals surface area contributed by atoms with Crippen molar-refractivity contribution in [1.82, 2.24) is 5.32 Å². The molecule has 98 valence electrons. The quantitative estimate of drug-likeness (QED) is 0.449. The number of carbonyl (C=O) groups excluding carboxylic acids is 1. The number of nitrogens with one attached hydrogen (secondary N) is 1. The van der Waals surface area contributed by atoms with Gasteiger partial charge in [-0.3, -0.25) is 19.7 Å². The Bertz CT molecular complexity index is 306. The molecule has 0 heterocycles. The molecular formula is C10H17NO6. The summed E-state index contributed by atoms with van der Waals surface area (Å²) in [6.45, 7) is 4.63. The Labute approximate surface area is 98.8 Å². The predicted molar refractivity (Wildman–Crippen MR) is 57.2 cm³/mol. The van der Waals surface area contributed by atoms with Gasteiger partial charge in [-0.1, -0.05) is 0 Å². The lowest BCUT2D eigenvalue weighted by Crippen LogP contribution is -2.41. The van der Waals surface area contributed by atoms with Crippen molar-refractivity contribution >= 4 is 17.9 Å². The van der Waals surface area contributed by atoms with E-state index in [-0.39, 0.29) is 6.73 Å². The molecule has 0 aliphatic carbocycles. The summed E-state index contributed by atoms with van der Waals surface area (Å²) < 4.78 is 4.76. The van der Waals surface area contributed by atoms with Gasteiger partial charge in [0.15, 0.2) is 0 Å². The Morgan fingerprint density at radius 3 is 2.12 bits per heavy atom. The highest BCUT2D eigenvalue weighted by Gasteiger charge is 2.24. The molecular weight excluding hydrogens is 230 g/mol. The first-order chi connectivity index (χ1) is 7.64. The summed E-state index contributed by atoms with van der Waals surface area (Å²) in [4.78, 5) is 32.3. The van der Waals surface area contributed by atoms with Gasteiger partial charge in [0.25, 0.3) is 0 Å². The van der Waals surface area contributed by atoms with Crippen molar-refractivity contribution < 1.29 is 29.3 Å². The van der Waals surface area contributed by atoms with Gasteiger partial charge in [0.1, 0.15) is 12.8 Å². The molecule has 7 nitrogen and oxygen atoms in total. The standard InChI is InChI=1S/C10H17NO6/c1-10(2,3)9(16)17-5-11-6(8(14)15)4-7(12)13/h6,11H,4-5H2,1-3H3,(H,12,13)(H,14,15)/t6-/m0/s1. The molecule has 0 saturated heterocycles. The Morgan fingerprint density at radius 2 is 1.76 bits per heavy atom. The molecule has 0 radical (unpaired) electrons. The van der Waals surface area contributed by atoms with E-state index < -0.39 is 35.8 Å². The van der Waals surface area contributed by atoms with Gasteiger partial charge in [0.2, 0.25) is 0 Å². The van der Waals surface area contributed by atoms with Crippen LogP contribution in [-0.2, 0) is 19.1 Å². The van der Waals surface area contributed by atoms with E-state index in [4.69, 9.17) is 14.9 Å². The first-order valence-electron chi connectivity index (χ1n) is 5.00. The lowest BCUT2D eigenvalue weighted by atomic mass is 9.98. The maximum atomic E-state index is 11.3. The summed E-state index contributed by atoms with van der Waals surface area (Å²) >= 11 is 0. The van der Waals surface area contributed by atoms with Gasteiger partial charge >= 0.3 is 17.9 Å². The normalized spacial score (nSPS) is 12.9. The molecule has 0 rings (SSSR count). The van der Waals surface area contributed by atoms with Gasteiger partial charge in [-0.25, -0.2) is 0 Å². The van der Waals surface area contributed by atoms with E-state index in [1.54, 1.807) is 20.8 Å². The van der Waals surface area contributed by atoms with E-state index in [0.29, 0.717) is 0 Å². The lowest BCUT2D eigenvalue weighted by Gasteiger charge is -2.18. The SMILES string of the molecule is CC(C)(C)C(=O)OCN[C@@H](CC(=O)O)C(=O)O. The van der Waals surface area contributed by atoms with Crippen LogP contribution in [0.4, 0.5) is 0 Å². The molecule has 0 saturated carbocycles. The molecule has 17 heavy (non-hydrogen) atoms. The van der Waals surface area contributed by atoms with Gasteiger partial charge < -0.3 is 14.9 Å². The van der Waals surface area contributed by atoms with Gasteiger partial charge in [-0.2, -0.15) is 0 Å². The van der Waals surface area contributed by atoms with E-state index in [2.05, 4.69) is 5.32 Å². The lowest BCUT2D eigenvalue weighted by molar-refractivity contribution is -0.155. The number of ether oxygens (including phenoxy) is 1. The zero-order chi connectivity index (χ0) is 13.6. The van der Waals surface area contributed by atoms with Crippen molar-refractivity contribution in [2.45, 2.75) is 33.2 Å². The monoisotopic (exact) mass is 247 g/mol. The highest BCUT2D eigenvalue weighted by molar-refractivity contribution is 5.80. The van der Waals surface area contributed by atoms with Crippen LogP contribution in [0.5, 0.6) is 0 Å². The second-order valence-electron chi connectivity index (χ2n) is 4.52.